The largest absolute Gasteiger partial charge is 0.362 e. The zero-order chi connectivity index (χ0) is 15.1. The first-order chi connectivity index (χ1) is 10.1. The Morgan fingerprint density at radius 3 is 2.52 bits per heavy atom. The molecule has 0 radical (unpaired) electrons. The maximum Gasteiger partial charge on any atom is 0.170 e. The SMILES string of the molecule is S=C(NCCSc1ccc(Cl)c(Cl)c1)Nc1ccccc1. The molecule has 2 N–H and O–H groups in total. The van der Waals surface area contributed by atoms with Crippen LogP contribution in [0, 0.1) is 0 Å². The summed E-state index contributed by atoms with van der Waals surface area (Å²) in [6.45, 7) is 0.767. The highest BCUT2D eigenvalue weighted by molar-refractivity contribution is 7.99. The lowest BCUT2D eigenvalue weighted by molar-refractivity contribution is 0.990. The molecule has 0 atom stereocenters. The summed E-state index contributed by atoms with van der Waals surface area (Å²) in [5.74, 6) is 0.884. The number of thioether (sulfide) groups is 1. The number of anilines is 1. The molecule has 2 rings (SSSR count). The van der Waals surface area contributed by atoms with Crippen LogP contribution >= 0.6 is 47.2 Å². The van der Waals surface area contributed by atoms with E-state index < -0.39 is 0 Å². The van der Waals surface area contributed by atoms with Gasteiger partial charge in [-0.05, 0) is 42.5 Å². The van der Waals surface area contributed by atoms with Crippen molar-refractivity contribution in [2.45, 2.75) is 4.90 Å². The Balaban J connectivity index is 1.69. The molecule has 0 aliphatic heterocycles. The number of halogens is 2. The maximum atomic E-state index is 5.98. The molecule has 0 bridgehead atoms. The van der Waals surface area contributed by atoms with Gasteiger partial charge in [0.1, 0.15) is 0 Å². The molecule has 2 aromatic rings. The van der Waals surface area contributed by atoms with Crippen LogP contribution in [0.25, 0.3) is 0 Å². The third-order valence-corrected chi connectivity index (χ3v) is 4.56. The van der Waals surface area contributed by atoms with E-state index in [1.54, 1.807) is 17.8 Å². The quantitative estimate of drug-likeness (QED) is 0.443. The molecule has 0 heterocycles. The minimum Gasteiger partial charge on any atom is -0.362 e. The third kappa shape index (κ3) is 5.75. The summed E-state index contributed by atoms with van der Waals surface area (Å²) in [5, 5.41) is 8.07. The number of hydrogen-bond acceptors (Lipinski definition) is 2. The van der Waals surface area contributed by atoms with Crippen molar-refractivity contribution in [1.29, 1.82) is 0 Å². The molecule has 0 aliphatic carbocycles. The lowest BCUT2D eigenvalue weighted by atomic mass is 10.3. The van der Waals surface area contributed by atoms with Crippen molar-refractivity contribution in [1.82, 2.24) is 5.32 Å². The van der Waals surface area contributed by atoms with Gasteiger partial charge in [-0.15, -0.1) is 11.8 Å². The number of nitrogens with one attached hydrogen (secondary N) is 2. The van der Waals surface area contributed by atoms with Gasteiger partial charge >= 0.3 is 0 Å². The average molecular weight is 357 g/mol. The van der Waals surface area contributed by atoms with Crippen LogP contribution in [-0.4, -0.2) is 17.4 Å². The van der Waals surface area contributed by atoms with Gasteiger partial charge < -0.3 is 10.6 Å². The van der Waals surface area contributed by atoms with E-state index >= 15 is 0 Å². The van der Waals surface area contributed by atoms with E-state index in [0.717, 1.165) is 22.9 Å². The average Bonchev–Trinajstić information content (AvgIpc) is 2.48. The predicted octanol–water partition coefficient (Wildman–Crippen LogP) is 5.07. The topological polar surface area (TPSA) is 24.1 Å². The van der Waals surface area contributed by atoms with E-state index in [1.165, 1.54) is 0 Å². The van der Waals surface area contributed by atoms with Crippen molar-refractivity contribution in [3.63, 3.8) is 0 Å². The molecule has 21 heavy (non-hydrogen) atoms. The summed E-state index contributed by atoms with van der Waals surface area (Å²) in [6, 6.07) is 15.5. The van der Waals surface area contributed by atoms with Crippen LogP contribution in [0.5, 0.6) is 0 Å². The van der Waals surface area contributed by atoms with Crippen molar-refractivity contribution in [3.8, 4) is 0 Å². The highest BCUT2D eigenvalue weighted by Crippen LogP contribution is 2.27. The second-order valence-electron chi connectivity index (χ2n) is 4.17. The van der Waals surface area contributed by atoms with E-state index in [-0.39, 0.29) is 0 Å². The van der Waals surface area contributed by atoms with E-state index in [1.807, 2.05) is 42.5 Å². The number of thiocarbonyl (C=S) groups is 1. The minimum atomic E-state index is 0.576. The minimum absolute atomic E-state index is 0.576. The first-order valence-corrected chi connectivity index (χ1v) is 8.48. The maximum absolute atomic E-state index is 5.98. The summed E-state index contributed by atoms with van der Waals surface area (Å²) in [7, 11) is 0. The summed E-state index contributed by atoms with van der Waals surface area (Å²) >= 11 is 18.8. The molecule has 110 valence electrons. The monoisotopic (exact) mass is 356 g/mol. The van der Waals surface area contributed by atoms with E-state index in [4.69, 9.17) is 35.4 Å². The highest BCUT2D eigenvalue weighted by atomic mass is 35.5. The van der Waals surface area contributed by atoms with Gasteiger partial charge in [0.25, 0.3) is 0 Å². The Morgan fingerprint density at radius 2 is 1.81 bits per heavy atom. The van der Waals surface area contributed by atoms with Gasteiger partial charge in [-0.2, -0.15) is 0 Å². The first kappa shape index (κ1) is 16.4. The second kappa shape index (κ2) is 8.49. The highest BCUT2D eigenvalue weighted by Gasteiger charge is 2.01. The zero-order valence-corrected chi connectivity index (χ0v) is 14.3. The molecule has 0 saturated carbocycles. The lowest BCUT2D eigenvalue weighted by Crippen LogP contribution is -2.30. The van der Waals surface area contributed by atoms with Crippen molar-refractivity contribution in [2.75, 3.05) is 17.6 Å². The zero-order valence-electron chi connectivity index (χ0n) is 11.1. The van der Waals surface area contributed by atoms with E-state index in [9.17, 15) is 0 Å². The normalized spacial score (nSPS) is 10.2. The predicted molar refractivity (Wildman–Crippen MR) is 97.9 cm³/mol. The van der Waals surface area contributed by atoms with Gasteiger partial charge in [-0.1, -0.05) is 41.4 Å². The number of benzene rings is 2. The second-order valence-corrected chi connectivity index (χ2v) is 6.56. The smallest absolute Gasteiger partial charge is 0.170 e. The van der Waals surface area contributed by atoms with Crippen molar-refractivity contribution >= 4 is 58.0 Å². The van der Waals surface area contributed by atoms with Crippen molar-refractivity contribution < 1.29 is 0 Å². The van der Waals surface area contributed by atoms with Crippen LogP contribution in [0.2, 0.25) is 10.0 Å². The Morgan fingerprint density at radius 1 is 1.05 bits per heavy atom. The van der Waals surface area contributed by atoms with Crippen LogP contribution in [-0.2, 0) is 0 Å². The molecule has 0 aromatic heterocycles. The summed E-state index contributed by atoms with van der Waals surface area (Å²) < 4.78 is 0. The third-order valence-electron chi connectivity index (χ3n) is 2.58. The van der Waals surface area contributed by atoms with Gasteiger partial charge in [0, 0.05) is 22.9 Å². The Labute approximate surface area is 144 Å². The number of hydrogen-bond donors (Lipinski definition) is 2. The van der Waals surface area contributed by atoms with Crippen molar-refractivity contribution in [2.24, 2.45) is 0 Å². The molecular formula is C15H14Cl2N2S2. The van der Waals surface area contributed by atoms with E-state index in [2.05, 4.69) is 10.6 Å². The summed E-state index contributed by atoms with van der Waals surface area (Å²) in [4.78, 5) is 1.09. The van der Waals surface area contributed by atoms with Gasteiger partial charge in [-0.3, -0.25) is 0 Å². The fourth-order valence-electron chi connectivity index (χ4n) is 1.60. The van der Waals surface area contributed by atoms with Gasteiger partial charge in [0.2, 0.25) is 0 Å². The first-order valence-electron chi connectivity index (χ1n) is 6.33. The standard InChI is InChI=1S/C15H14Cl2N2S2/c16-13-7-6-12(10-14(13)17)21-9-8-18-15(20)19-11-4-2-1-3-5-11/h1-7,10H,8-9H2,(H2,18,19,20). The Bertz CT molecular complexity index is 606. The Kier molecular flexibility index (Phi) is 6.64. The molecule has 0 amide bonds. The molecule has 0 saturated heterocycles. The molecule has 0 unspecified atom stereocenters. The lowest BCUT2D eigenvalue weighted by Gasteiger charge is -2.10. The van der Waals surface area contributed by atoms with Crippen LogP contribution in [0.4, 0.5) is 5.69 Å². The number of rotatable bonds is 5. The molecule has 0 spiro atoms. The van der Waals surface area contributed by atoms with Crippen molar-refractivity contribution in [3.05, 3.63) is 58.6 Å². The molecule has 0 fully saturated rings. The molecule has 6 heteroatoms. The molecular weight excluding hydrogens is 343 g/mol. The van der Waals surface area contributed by atoms with Gasteiger partial charge in [0.05, 0.1) is 10.0 Å². The van der Waals surface area contributed by atoms with E-state index in [0.29, 0.717) is 15.2 Å². The fraction of sp³-hybridized carbons (Fsp3) is 0.133. The van der Waals surface area contributed by atoms with Crippen LogP contribution in [0.1, 0.15) is 0 Å². The van der Waals surface area contributed by atoms with Gasteiger partial charge in [-0.25, -0.2) is 0 Å². The Hall–Kier alpha value is -0.940. The molecule has 0 aliphatic rings. The number of para-hydroxylation sites is 1. The van der Waals surface area contributed by atoms with Crippen LogP contribution in [0.3, 0.4) is 0 Å². The summed E-state index contributed by atoms with van der Waals surface area (Å²) in [5.41, 5.74) is 0.979. The van der Waals surface area contributed by atoms with Crippen LogP contribution in [0.15, 0.2) is 53.4 Å². The summed E-state index contributed by atoms with van der Waals surface area (Å²) in [6.07, 6.45) is 0. The fourth-order valence-corrected chi connectivity index (χ4v) is 2.98. The van der Waals surface area contributed by atoms with Crippen LogP contribution < -0.4 is 10.6 Å². The van der Waals surface area contributed by atoms with Gasteiger partial charge in [0.15, 0.2) is 5.11 Å². The molecule has 2 aromatic carbocycles. The molecule has 2 nitrogen and oxygen atoms in total.